The summed E-state index contributed by atoms with van der Waals surface area (Å²) in [7, 11) is 0. The van der Waals surface area contributed by atoms with Crippen LogP contribution in [0.2, 0.25) is 0 Å². The molecule has 0 bridgehead atoms. The first-order chi connectivity index (χ1) is 10.7. The first kappa shape index (κ1) is 15.5. The monoisotopic (exact) mass is 307 g/mol. The first-order valence-corrected chi connectivity index (χ1v) is 7.98. The molecule has 1 aliphatic heterocycles. The SMILES string of the molecule is CCOC1CC(CNc2cc(N)ncn2)(N2CCOCC2)C1. The second-order valence-corrected chi connectivity index (χ2v) is 5.99. The van der Waals surface area contributed by atoms with Crippen LogP contribution in [-0.4, -0.2) is 66.0 Å². The van der Waals surface area contributed by atoms with Gasteiger partial charge in [0.05, 0.1) is 19.3 Å². The number of morpholine rings is 1. The molecule has 0 radical (unpaired) electrons. The quantitative estimate of drug-likeness (QED) is 0.801. The topological polar surface area (TPSA) is 85.5 Å². The van der Waals surface area contributed by atoms with Crippen molar-refractivity contribution in [3.8, 4) is 0 Å². The van der Waals surface area contributed by atoms with Crippen LogP contribution in [-0.2, 0) is 9.47 Å². The van der Waals surface area contributed by atoms with Crippen LogP contribution in [0.5, 0.6) is 0 Å². The molecule has 0 atom stereocenters. The minimum absolute atomic E-state index is 0.128. The van der Waals surface area contributed by atoms with Gasteiger partial charge in [0.1, 0.15) is 18.0 Å². The van der Waals surface area contributed by atoms with Gasteiger partial charge in [0.25, 0.3) is 0 Å². The van der Waals surface area contributed by atoms with Crippen LogP contribution < -0.4 is 11.1 Å². The summed E-state index contributed by atoms with van der Waals surface area (Å²) in [5, 5.41) is 3.42. The molecule has 7 heteroatoms. The van der Waals surface area contributed by atoms with Gasteiger partial charge >= 0.3 is 0 Å². The number of rotatable bonds is 6. The number of ether oxygens (including phenoxy) is 2. The number of nitrogen functional groups attached to an aromatic ring is 1. The highest BCUT2D eigenvalue weighted by Crippen LogP contribution is 2.40. The minimum Gasteiger partial charge on any atom is -0.384 e. The summed E-state index contributed by atoms with van der Waals surface area (Å²) in [6.07, 6.45) is 3.95. The average molecular weight is 307 g/mol. The Bertz CT molecular complexity index is 487. The molecule has 1 saturated carbocycles. The summed E-state index contributed by atoms with van der Waals surface area (Å²) in [5.41, 5.74) is 5.84. The van der Waals surface area contributed by atoms with E-state index in [9.17, 15) is 0 Å². The van der Waals surface area contributed by atoms with Crippen molar-refractivity contribution >= 4 is 11.6 Å². The number of hydrogen-bond acceptors (Lipinski definition) is 7. The van der Waals surface area contributed by atoms with Crippen molar-refractivity contribution < 1.29 is 9.47 Å². The number of aromatic nitrogens is 2. The van der Waals surface area contributed by atoms with E-state index < -0.39 is 0 Å². The van der Waals surface area contributed by atoms with E-state index in [2.05, 4.69) is 27.1 Å². The van der Waals surface area contributed by atoms with Gasteiger partial charge in [-0.05, 0) is 19.8 Å². The lowest BCUT2D eigenvalue weighted by Crippen LogP contribution is -2.65. The Morgan fingerprint density at radius 3 is 2.86 bits per heavy atom. The van der Waals surface area contributed by atoms with Gasteiger partial charge in [-0.2, -0.15) is 0 Å². The lowest BCUT2D eigenvalue weighted by atomic mass is 9.72. The molecular weight excluding hydrogens is 282 g/mol. The molecule has 2 aliphatic rings. The molecule has 3 rings (SSSR count). The fourth-order valence-corrected chi connectivity index (χ4v) is 3.42. The van der Waals surface area contributed by atoms with Gasteiger partial charge in [0.2, 0.25) is 0 Å². The van der Waals surface area contributed by atoms with Crippen LogP contribution in [0.15, 0.2) is 12.4 Å². The predicted molar refractivity (Wildman–Crippen MR) is 84.7 cm³/mol. The zero-order valence-electron chi connectivity index (χ0n) is 13.1. The molecule has 2 heterocycles. The summed E-state index contributed by atoms with van der Waals surface area (Å²) < 4.78 is 11.2. The number of nitrogens with zero attached hydrogens (tertiary/aromatic N) is 3. The van der Waals surface area contributed by atoms with Crippen molar-refractivity contribution in [1.29, 1.82) is 0 Å². The van der Waals surface area contributed by atoms with Crippen molar-refractivity contribution in [2.24, 2.45) is 0 Å². The van der Waals surface area contributed by atoms with Crippen LogP contribution in [0.25, 0.3) is 0 Å². The van der Waals surface area contributed by atoms with E-state index in [4.69, 9.17) is 15.2 Å². The third kappa shape index (κ3) is 3.31. The van der Waals surface area contributed by atoms with Gasteiger partial charge in [0.15, 0.2) is 0 Å². The maximum atomic E-state index is 5.76. The maximum Gasteiger partial charge on any atom is 0.131 e. The molecule has 122 valence electrons. The normalized spacial score (nSPS) is 29.0. The summed E-state index contributed by atoms with van der Waals surface area (Å²) in [6.45, 7) is 7.24. The van der Waals surface area contributed by atoms with E-state index in [1.807, 2.05) is 0 Å². The molecule has 1 aromatic heterocycles. The van der Waals surface area contributed by atoms with Gasteiger partial charge < -0.3 is 20.5 Å². The zero-order valence-corrected chi connectivity index (χ0v) is 13.1. The highest BCUT2D eigenvalue weighted by atomic mass is 16.5. The zero-order chi connectivity index (χ0) is 15.4. The Kier molecular flexibility index (Phi) is 4.75. The second-order valence-electron chi connectivity index (χ2n) is 5.99. The third-order valence-electron chi connectivity index (χ3n) is 4.59. The Balaban J connectivity index is 1.64. The lowest BCUT2D eigenvalue weighted by molar-refractivity contribution is -0.121. The van der Waals surface area contributed by atoms with E-state index in [-0.39, 0.29) is 5.54 Å². The Labute approximate surface area is 131 Å². The molecule has 7 nitrogen and oxygen atoms in total. The smallest absolute Gasteiger partial charge is 0.131 e. The fraction of sp³-hybridized carbons (Fsp3) is 0.733. The Morgan fingerprint density at radius 1 is 1.41 bits per heavy atom. The summed E-state index contributed by atoms with van der Waals surface area (Å²) in [4.78, 5) is 10.7. The molecule has 0 unspecified atom stereocenters. The van der Waals surface area contributed by atoms with E-state index in [1.54, 1.807) is 6.07 Å². The number of hydrogen-bond donors (Lipinski definition) is 2. The molecule has 0 aromatic carbocycles. The van der Waals surface area contributed by atoms with Crippen LogP contribution in [0.4, 0.5) is 11.6 Å². The number of nitrogens with two attached hydrogens (primary N) is 1. The summed E-state index contributed by atoms with van der Waals surface area (Å²) in [5.74, 6) is 1.26. The van der Waals surface area contributed by atoms with Gasteiger partial charge in [-0.1, -0.05) is 0 Å². The van der Waals surface area contributed by atoms with E-state index in [0.717, 1.165) is 58.1 Å². The van der Waals surface area contributed by atoms with Crippen LogP contribution in [0.1, 0.15) is 19.8 Å². The Hall–Kier alpha value is -1.44. The standard InChI is InChI=1S/C15H25N5O2/c1-2-22-12-8-15(9-12,20-3-5-21-6-4-20)10-17-14-7-13(16)18-11-19-14/h7,11-12H,2-6,8-10H2,1H3,(H3,16,17,18,19). The average Bonchev–Trinajstić information content (AvgIpc) is 2.50. The highest BCUT2D eigenvalue weighted by Gasteiger charge is 2.49. The fourth-order valence-electron chi connectivity index (χ4n) is 3.42. The molecule has 2 fully saturated rings. The van der Waals surface area contributed by atoms with Gasteiger partial charge in [-0.15, -0.1) is 0 Å². The second kappa shape index (κ2) is 6.76. The van der Waals surface area contributed by atoms with Crippen molar-refractivity contribution in [3.63, 3.8) is 0 Å². The van der Waals surface area contributed by atoms with Crippen LogP contribution in [0.3, 0.4) is 0 Å². The van der Waals surface area contributed by atoms with E-state index >= 15 is 0 Å². The molecule has 22 heavy (non-hydrogen) atoms. The Morgan fingerprint density at radius 2 is 2.18 bits per heavy atom. The predicted octanol–water partition coefficient (Wildman–Crippen LogP) is 0.741. The first-order valence-electron chi connectivity index (χ1n) is 7.98. The molecular formula is C15H25N5O2. The van der Waals surface area contributed by atoms with Gasteiger partial charge in [0, 0.05) is 37.8 Å². The molecule has 0 amide bonds. The molecule has 3 N–H and O–H groups in total. The molecule has 1 saturated heterocycles. The number of anilines is 2. The van der Waals surface area contributed by atoms with Gasteiger partial charge in [-0.3, -0.25) is 4.90 Å². The van der Waals surface area contributed by atoms with Crippen molar-refractivity contribution in [3.05, 3.63) is 12.4 Å². The molecule has 1 aromatic rings. The van der Waals surface area contributed by atoms with E-state index in [1.165, 1.54) is 6.33 Å². The van der Waals surface area contributed by atoms with Crippen molar-refractivity contribution in [2.45, 2.75) is 31.4 Å². The number of nitrogens with one attached hydrogen (secondary N) is 1. The van der Waals surface area contributed by atoms with Crippen LogP contribution in [0, 0.1) is 0 Å². The van der Waals surface area contributed by atoms with Crippen LogP contribution >= 0.6 is 0 Å². The third-order valence-corrected chi connectivity index (χ3v) is 4.59. The minimum atomic E-state index is 0.128. The lowest BCUT2D eigenvalue weighted by Gasteiger charge is -2.55. The van der Waals surface area contributed by atoms with Crippen molar-refractivity contribution in [1.82, 2.24) is 14.9 Å². The van der Waals surface area contributed by atoms with Gasteiger partial charge in [-0.25, -0.2) is 9.97 Å². The molecule has 1 aliphatic carbocycles. The van der Waals surface area contributed by atoms with Crippen molar-refractivity contribution in [2.75, 3.05) is 50.5 Å². The highest BCUT2D eigenvalue weighted by molar-refractivity contribution is 5.43. The molecule has 0 spiro atoms. The largest absolute Gasteiger partial charge is 0.384 e. The maximum absolute atomic E-state index is 5.76. The summed E-state index contributed by atoms with van der Waals surface area (Å²) >= 11 is 0. The van der Waals surface area contributed by atoms with E-state index in [0.29, 0.717) is 11.9 Å². The summed E-state index contributed by atoms with van der Waals surface area (Å²) in [6, 6.07) is 1.77.